The molecule has 0 bridgehead atoms. The zero-order valence-corrected chi connectivity index (χ0v) is 48.8. The number of hydrogen-bond acceptors (Lipinski definition) is 16. The Labute approximate surface area is 488 Å². The monoisotopic (exact) mass is 1230 g/mol. The second kappa shape index (κ2) is 37.0. The highest BCUT2D eigenvalue weighted by molar-refractivity contribution is 14.1. The number of carbonyl (C=O) groups is 5. The summed E-state index contributed by atoms with van der Waals surface area (Å²) in [4.78, 5) is 76.2. The van der Waals surface area contributed by atoms with E-state index in [9.17, 15) is 24.0 Å². The first kappa shape index (κ1) is 63.1. The standard InChI is InChI=1S/C57H79IN12O9S/c1-70(28-10-20-55(74)67-44-15-8-14-43(36-44)65-50-37-51(64-41-63-50)66-45-21-22-48(42(35-45)38-58)79-39-46-13-4-5-23-59-46)27-7-6-24-60-53(72)18-9-19-54(73)62-26-12-30-77-32-34-78-33-31-76-29-11-25-61-52(71)17-3-2-16-49-56-47(40-80-49)68-57(75)69-56/h4-5,8,10,13-15,20-23,35-37,41,47,49,56H,2-3,6-7,9,11-12,16-19,24-34,38-40H2,1H3,(H,60,72)(H,61,71)(H,62,73)(H,67,74)(H2,68,69,75)(H2,63,64,65,66)/b20-10+/t47-,49-,56-/m0/s1. The van der Waals surface area contributed by atoms with Gasteiger partial charge < -0.3 is 66.4 Å². The molecule has 0 spiro atoms. The second-order valence-corrected chi connectivity index (χ2v) is 21.4. The third-order valence-corrected chi connectivity index (χ3v) is 15.2. The van der Waals surface area contributed by atoms with Crippen LogP contribution in [-0.4, -0.2) is 152 Å². The zero-order valence-electron chi connectivity index (χ0n) is 45.8. The molecule has 6 amide bonds. The predicted octanol–water partition coefficient (Wildman–Crippen LogP) is 7.15. The summed E-state index contributed by atoms with van der Waals surface area (Å²) in [6.07, 6.45) is 14.1. The number of unbranched alkanes of at least 4 members (excludes halogenated alkanes) is 2. The van der Waals surface area contributed by atoms with E-state index >= 15 is 0 Å². The summed E-state index contributed by atoms with van der Waals surface area (Å²) in [5.41, 5.74) is 4.15. The number of aromatic nitrogens is 3. The number of carbonyl (C=O) groups excluding carboxylic acids is 5. The first-order valence-electron chi connectivity index (χ1n) is 27.7. The quantitative estimate of drug-likeness (QED) is 0.00723. The molecule has 21 nitrogen and oxygen atoms in total. The number of nitrogens with one attached hydrogen (secondary N) is 8. The first-order valence-corrected chi connectivity index (χ1v) is 30.2. The molecule has 23 heteroatoms. The van der Waals surface area contributed by atoms with Crippen molar-refractivity contribution in [3.05, 3.63) is 103 Å². The number of hydrogen-bond donors (Lipinski definition) is 8. The van der Waals surface area contributed by atoms with Gasteiger partial charge in [-0.25, -0.2) is 14.8 Å². The average molecular weight is 1240 g/mol. The minimum absolute atomic E-state index is 0.0625. The molecule has 3 atom stereocenters. The molecule has 0 saturated carbocycles. The Morgan fingerprint density at radius 1 is 0.713 bits per heavy atom. The van der Waals surface area contributed by atoms with Gasteiger partial charge in [0.1, 0.15) is 30.3 Å². The van der Waals surface area contributed by atoms with Crippen LogP contribution >= 0.6 is 34.4 Å². The van der Waals surface area contributed by atoms with E-state index in [1.54, 1.807) is 6.20 Å². The van der Waals surface area contributed by atoms with Crippen molar-refractivity contribution in [3.8, 4) is 5.75 Å². The maximum absolute atomic E-state index is 12.8. The topological polar surface area (TPSA) is 260 Å². The molecule has 2 aromatic heterocycles. The molecule has 4 heterocycles. The number of pyridine rings is 1. The number of rotatable bonds is 40. The summed E-state index contributed by atoms with van der Waals surface area (Å²) in [6.45, 7) is 6.31. The molecule has 0 radical (unpaired) electrons. The van der Waals surface area contributed by atoms with Gasteiger partial charge in [0.2, 0.25) is 23.6 Å². The van der Waals surface area contributed by atoms with Crippen molar-refractivity contribution in [2.24, 2.45) is 0 Å². The van der Waals surface area contributed by atoms with Gasteiger partial charge in [-0.2, -0.15) is 11.8 Å². The summed E-state index contributed by atoms with van der Waals surface area (Å²) in [6, 6.07) is 21.3. The minimum Gasteiger partial charge on any atom is -0.487 e. The Hall–Kier alpha value is -6.12. The fourth-order valence-corrected chi connectivity index (χ4v) is 10.8. The van der Waals surface area contributed by atoms with Crippen molar-refractivity contribution in [2.45, 2.75) is 99.0 Å². The Morgan fingerprint density at radius 3 is 2.06 bits per heavy atom. The summed E-state index contributed by atoms with van der Waals surface area (Å²) >= 11 is 4.22. The number of likely N-dealkylation sites (N-methyl/N-ethyl adjacent to an activating group) is 1. The molecule has 6 rings (SSSR count). The van der Waals surface area contributed by atoms with Gasteiger partial charge in [-0.05, 0) is 107 Å². The summed E-state index contributed by atoms with van der Waals surface area (Å²) in [7, 11) is 1.98. The van der Waals surface area contributed by atoms with Crippen LogP contribution in [0.15, 0.2) is 91.4 Å². The third kappa shape index (κ3) is 25.1. The lowest BCUT2D eigenvalue weighted by Gasteiger charge is -2.16. The Bertz CT molecular complexity index is 2550. The number of thioether (sulfide) groups is 1. The lowest BCUT2D eigenvalue weighted by Crippen LogP contribution is -2.36. The highest BCUT2D eigenvalue weighted by Crippen LogP contribution is 2.33. The van der Waals surface area contributed by atoms with Crippen molar-refractivity contribution in [1.82, 2.24) is 46.4 Å². The van der Waals surface area contributed by atoms with E-state index in [1.165, 1.54) is 12.4 Å². The maximum Gasteiger partial charge on any atom is 0.315 e. The Balaban J connectivity index is 0.687. The van der Waals surface area contributed by atoms with Gasteiger partial charge in [0.15, 0.2) is 0 Å². The van der Waals surface area contributed by atoms with Crippen LogP contribution in [0.3, 0.4) is 0 Å². The van der Waals surface area contributed by atoms with Crippen molar-refractivity contribution in [3.63, 3.8) is 0 Å². The maximum atomic E-state index is 12.8. The number of urea groups is 1. The van der Waals surface area contributed by atoms with Gasteiger partial charge >= 0.3 is 6.03 Å². The zero-order chi connectivity index (χ0) is 56.4. The summed E-state index contributed by atoms with van der Waals surface area (Å²) in [5.74, 6) is 2.62. The van der Waals surface area contributed by atoms with Crippen LogP contribution in [0.5, 0.6) is 5.75 Å². The molecule has 2 aliphatic heterocycles. The van der Waals surface area contributed by atoms with Crippen LogP contribution < -0.4 is 47.3 Å². The van der Waals surface area contributed by atoms with Crippen molar-refractivity contribution >= 4 is 92.7 Å². The predicted molar refractivity (Wildman–Crippen MR) is 321 cm³/mol. The SMILES string of the molecule is CN(C/C=C/C(=O)Nc1cccc(Nc2cc(Nc3ccc(OCc4ccccn4)c(CI)c3)ncn2)c1)CCCCNC(=O)CCCC(=O)NCCCOCCOCCOCCCNC(=O)CCCC[C@@H]1SC[C@@H]2NC(=O)N[C@@H]21. The number of alkyl halides is 1. The van der Waals surface area contributed by atoms with E-state index in [4.69, 9.17) is 18.9 Å². The van der Waals surface area contributed by atoms with E-state index in [2.05, 4.69) is 85.0 Å². The normalized spacial score (nSPS) is 15.5. The number of fused-ring (bicyclic) bond motifs is 1. The smallest absolute Gasteiger partial charge is 0.315 e. The molecule has 2 saturated heterocycles. The van der Waals surface area contributed by atoms with E-state index in [0.717, 1.165) is 83.6 Å². The number of anilines is 5. The van der Waals surface area contributed by atoms with E-state index < -0.39 is 0 Å². The minimum atomic E-state index is -0.240. The van der Waals surface area contributed by atoms with Crippen LogP contribution in [0.4, 0.5) is 33.5 Å². The molecule has 434 valence electrons. The molecule has 8 N–H and O–H groups in total. The second-order valence-electron chi connectivity index (χ2n) is 19.4. The van der Waals surface area contributed by atoms with Crippen molar-refractivity contribution < 1.29 is 42.9 Å². The number of benzene rings is 2. The fourth-order valence-electron chi connectivity index (χ4n) is 8.65. The van der Waals surface area contributed by atoms with Gasteiger partial charge in [-0.1, -0.05) is 47.2 Å². The van der Waals surface area contributed by atoms with Crippen LogP contribution in [0, 0.1) is 0 Å². The third-order valence-electron chi connectivity index (χ3n) is 12.8. The number of nitrogens with zero attached hydrogens (tertiary/aromatic N) is 4. The van der Waals surface area contributed by atoms with E-state index in [0.29, 0.717) is 121 Å². The molecular weight excluding hydrogens is 1160 g/mol. The first-order chi connectivity index (χ1) is 39.1. The van der Waals surface area contributed by atoms with Gasteiger partial charge in [-0.3, -0.25) is 24.2 Å². The van der Waals surface area contributed by atoms with Gasteiger partial charge in [0, 0.05) is 115 Å². The van der Waals surface area contributed by atoms with Crippen molar-refractivity contribution in [1.29, 1.82) is 0 Å². The molecule has 0 aliphatic carbocycles. The summed E-state index contributed by atoms with van der Waals surface area (Å²) in [5, 5.41) is 24.7. The highest BCUT2D eigenvalue weighted by Gasteiger charge is 2.42. The lowest BCUT2D eigenvalue weighted by molar-refractivity contribution is -0.123. The molecule has 0 unspecified atom stereocenters. The number of halogens is 1. The van der Waals surface area contributed by atoms with E-state index in [-0.39, 0.29) is 48.2 Å². The van der Waals surface area contributed by atoms with Crippen LogP contribution in [0.1, 0.15) is 81.9 Å². The molecule has 2 aromatic carbocycles. The molecule has 2 aliphatic rings. The van der Waals surface area contributed by atoms with E-state index in [1.807, 2.05) is 91.6 Å². The Kier molecular flexibility index (Phi) is 29.2. The molecular formula is C57H79IN12O9S. The van der Waals surface area contributed by atoms with Crippen LogP contribution in [0.2, 0.25) is 0 Å². The largest absolute Gasteiger partial charge is 0.487 e. The van der Waals surface area contributed by atoms with Crippen LogP contribution in [-0.2, 0) is 44.4 Å². The van der Waals surface area contributed by atoms with Gasteiger partial charge in [-0.15, -0.1) is 0 Å². The summed E-state index contributed by atoms with van der Waals surface area (Å²) < 4.78 is 23.5. The molecule has 2 fully saturated rings. The van der Waals surface area contributed by atoms with Gasteiger partial charge in [0.05, 0.1) is 44.2 Å². The Morgan fingerprint density at radius 2 is 1.38 bits per heavy atom. The van der Waals surface area contributed by atoms with Crippen molar-refractivity contribution in [2.75, 3.05) is 101 Å². The average Bonchev–Trinajstić information content (AvgIpc) is 4.04. The highest BCUT2D eigenvalue weighted by atomic mass is 127. The fraction of sp³-hybridized carbons (Fsp3) is 0.509. The molecule has 80 heavy (non-hydrogen) atoms. The molecule has 4 aromatic rings. The van der Waals surface area contributed by atoms with Gasteiger partial charge in [0.25, 0.3) is 0 Å². The number of ether oxygens (including phenoxy) is 4. The van der Waals surface area contributed by atoms with Crippen LogP contribution in [0.25, 0.3) is 0 Å². The number of amides is 6. The lowest BCUT2D eigenvalue weighted by atomic mass is 10.0.